The Kier molecular flexibility index (Phi) is 4.93. The Bertz CT molecular complexity index is 633. The minimum atomic E-state index is -0.154. The van der Waals surface area contributed by atoms with E-state index in [9.17, 15) is 4.79 Å². The fraction of sp³-hybridized carbons (Fsp3) is 0.667. The molecule has 3 aliphatic rings. The molecule has 0 radical (unpaired) electrons. The number of hydrogen-bond donors (Lipinski definition) is 0. The van der Waals surface area contributed by atoms with Crippen LogP contribution >= 0.6 is 0 Å². The van der Waals surface area contributed by atoms with Gasteiger partial charge in [0.25, 0.3) is 0 Å². The monoisotopic (exact) mass is 358 g/mol. The zero-order valence-electron chi connectivity index (χ0n) is 15.9. The molecule has 1 aliphatic carbocycles. The van der Waals surface area contributed by atoms with Gasteiger partial charge >= 0.3 is 0 Å². The first-order chi connectivity index (χ1) is 12.6. The molecule has 0 unspecified atom stereocenters. The summed E-state index contributed by atoms with van der Waals surface area (Å²) in [6.07, 6.45) is 4.55. The Hall–Kier alpha value is -1.59. The number of methoxy groups -OCH3 is 1. The third kappa shape index (κ3) is 3.60. The summed E-state index contributed by atoms with van der Waals surface area (Å²) in [7, 11) is 1.70. The zero-order valence-corrected chi connectivity index (χ0v) is 15.9. The van der Waals surface area contributed by atoms with E-state index in [1.807, 2.05) is 12.1 Å². The largest absolute Gasteiger partial charge is 0.497 e. The normalized spacial score (nSPS) is 26.3. The lowest BCUT2D eigenvalue weighted by Gasteiger charge is -2.51. The molecule has 142 valence electrons. The van der Waals surface area contributed by atoms with Gasteiger partial charge in [-0.2, -0.15) is 0 Å². The first-order valence-corrected chi connectivity index (χ1v) is 9.88. The Morgan fingerprint density at radius 2 is 1.88 bits per heavy atom. The topological polar surface area (TPSA) is 42.0 Å². The van der Waals surface area contributed by atoms with Gasteiger partial charge in [-0.05, 0) is 56.2 Å². The minimum absolute atomic E-state index is 0.154. The van der Waals surface area contributed by atoms with Crippen molar-refractivity contribution in [3.63, 3.8) is 0 Å². The van der Waals surface area contributed by atoms with Crippen LogP contribution in [0.3, 0.4) is 0 Å². The number of morpholine rings is 1. The molecule has 0 bridgehead atoms. The summed E-state index contributed by atoms with van der Waals surface area (Å²) in [5.41, 5.74) is 1.16. The maximum absolute atomic E-state index is 12.3. The van der Waals surface area contributed by atoms with Crippen LogP contribution in [0, 0.1) is 5.92 Å². The molecule has 26 heavy (non-hydrogen) atoms. The van der Waals surface area contributed by atoms with Gasteiger partial charge in [0.05, 0.1) is 18.8 Å². The molecular weight excluding hydrogens is 328 g/mol. The number of carbonyl (C=O) groups is 1. The number of benzene rings is 1. The molecule has 5 nitrogen and oxygen atoms in total. The average Bonchev–Trinajstić information content (AvgIpc) is 3.49. The molecular formula is C21H30N2O3. The second-order valence-electron chi connectivity index (χ2n) is 8.14. The van der Waals surface area contributed by atoms with Crippen LogP contribution in [-0.4, -0.2) is 60.7 Å². The summed E-state index contributed by atoms with van der Waals surface area (Å²) in [6, 6.07) is 8.51. The summed E-state index contributed by atoms with van der Waals surface area (Å²) in [5, 5.41) is 0. The summed E-state index contributed by atoms with van der Waals surface area (Å²) < 4.78 is 11.4. The second kappa shape index (κ2) is 7.20. The zero-order chi connectivity index (χ0) is 18.1. The van der Waals surface area contributed by atoms with Crippen LogP contribution in [0.5, 0.6) is 5.75 Å². The van der Waals surface area contributed by atoms with E-state index in [0.717, 1.165) is 50.7 Å². The molecule has 3 fully saturated rings. The number of carbonyl (C=O) groups excluding carboxylic acids is 1. The molecule has 2 heterocycles. The predicted octanol–water partition coefficient (Wildman–Crippen LogP) is 2.69. The molecule has 2 saturated heterocycles. The number of likely N-dealkylation sites (tertiary alicyclic amines) is 1. The SMILES string of the molecule is COc1ccc(CN2CCC3(CC2)OCC(=O)N(CC2CC2)[C@@H]3C)cc1. The molecule has 1 spiro atoms. The number of piperidine rings is 1. The van der Waals surface area contributed by atoms with E-state index in [2.05, 4.69) is 28.9 Å². The Morgan fingerprint density at radius 3 is 2.50 bits per heavy atom. The van der Waals surface area contributed by atoms with Gasteiger partial charge in [-0.1, -0.05) is 12.1 Å². The van der Waals surface area contributed by atoms with Crippen LogP contribution in [-0.2, 0) is 16.1 Å². The van der Waals surface area contributed by atoms with Crippen molar-refractivity contribution in [2.45, 2.75) is 50.8 Å². The lowest BCUT2D eigenvalue weighted by molar-refractivity contribution is -0.187. The highest BCUT2D eigenvalue weighted by Gasteiger charge is 2.48. The van der Waals surface area contributed by atoms with E-state index in [1.54, 1.807) is 7.11 Å². The third-order valence-corrected chi connectivity index (χ3v) is 6.45. The van der Waals surface area contributed by atoms with Gasteiger partial charge in [0.2, 0.25) is 5.91 Å². The van der Waals surface area contributed by atoms with Gasteiger partial charge in [0.1, 0.15) is 12.4 Å². The highest BCUT2D eigenvalue weighted by atomic mass is 16.5. The van der Waals surface area contributed by atoms with Crippen molar-refractivity contribution in [2.24, 2.45) is 5.92 Å². The molecule has 1 atom stereocenters. The van der Waals surface area contributed by atoms with Crippen molar-refractivity contribution in [3.8, 4) is 5.75 Å². The van der Waals surface area contributed by atoms with Gasteiger partial charge < -0.3 is 14.4 Å². The standard InChI is InChI=1S/C21H30N2O3/c1-16-21(26-15-20(24)23(16)14-18-3-4-18)9-11-22(12-10-21)13-17-5-7-19(25-2)8-6-17/h5-8,16,18H,3-4,9-15H2,1-2H3/t16-/m1/s1. The second-order valence-corrected chi connectivity index (χ2v) is 8.14. The van der Waals surface area contributed by atoms with E-state index in [-0.39, 0.29) is 24.2 Å². The molecule has 1 saturated carbocycles. The Balaban J connectivity index is 1.36. The molecule has 1 aromatic rings. The smallest absolute Gasteiger partial charge is 0.248 e. The first kappa shape index (κ1) is 17.8. The average molecular weight is 358 g/mol. The van der Waals surface area contributed by atoms with Crippen LogP contribution in [0.4, 0.5) is 0 Å². The van der Waals surface area contributed by atoms with Gasteiger partial charge in [-0.25, -0.2) is 0 Å². The number of rotatable bonds is 5. The van der Waals surface area contributed by atoms with Crippen LogP contribution in [0.25, 0.3) is 0 Å². The number of nitrogens with zero attached hydrogens (tertiary/aromatic N) is 2. The first-order valence-electron chi connectivity index (χ1n) is 9.88. The fourth-order valence-electron chi connectivity index (χ4n) is 4.39. The lowest BCUT2D eigenvalue weighted by atomic mass is 9.82. The van der Waals surface area contributed by atoms with E-state index >= 15 is 0 Å². The summed E-state index contributed by atoms with van der Waals surface area (Å²) in [5.74, 6) is 1.80. The van der Waals surface area contributed by atoms with E-state index in [0.29, 0.717) is 0 Å². The van der Waals surface area contributed by atoms with Crippen LogP contribution in [0.1, 0.15) is 38.2 Å². The molecule has 1 amide bonds. The van der Waals surface area contributed by atoms with Crippen molar-refractivity contribution < 1.29 is 14.3 Å². The van der Waals surface area contributed by atoms with Crippen molar-refractivity contribution in [2.75, 3.05) is 33.4 Å². The number of ether oxygens (including phenoxy) is 2. The summed E-state index contributed by atoms with van der Waals surface area (Å²) in [6.45, 7) is 6.37. The summed E-state index contributed by atoms with van der Waals surface area (Å²) in [4.78, 5) is 16.9. The molecule has 5 heteroatoms. The van der Waals surface area contributed by atoms with Crippen LogP contribution in [0.15, 0.2) is 24.3 Å². The van der Waals surface area contributed by atoms with Crippen LogP contribution in [0.2, 0.25) is 0 Å². The highest BCUT2D eigenvalue weighted by Crippen LogP contribution is 2.38. The van der Waals surface area contributed by atoms with Gasteiger partial charge in [0, 0.05) is 26.2 Å². The number of amides is 1. The molecule has 1 aromatic carbocycles. The van der Waals surface area contributed by atoms with Gasteiger partial charge in [0.15, 0.2) is 0 Å². The fourth-order valence-corrected chi connectivity index (χ4v) is 4.39. The third-order valence-electron chi connectivity index (χ3n) is 6.45. The maximum Gasteiger partial charge on any atom is 0.248 e. The van der Waals surface area contributed by atoms with Crippen LogP contribution < -0.4 is 4.74 Å². The quantitative estimate of drug-likeness (QED) is 0.812. The van der Waals surface area contributed by atoms with Crippen molar-refractivity contribution in [3.05, 3.63) is 29.8 Å². The van der Waals surface area contributed by atoms with E-state index < -0.39 is 0 Å². The summed E-state index contributed by atoms with van der Waals surface area (Å²) >= 11 is 0. The van der Waals surface area contributed by atoms with E-state index in [4.69, 9.17) is 9.47 Å². The van der Waals surface area contributed by atoms with Crippen molar-refractivity contribution in [1.82, 2.24) is 9.80 Å². The van der Waals surface area contributed by atoms with E-state index in [1.165, 1.54) is 18.4 Å². The van der Waals surface area contributed by atoms with Crippen molar-refractivity contribution in [1.29, 1.82) is 0 Å². The number of hydrogen-bond acceptors (Lipinski definition) is 4. The van der Waals surface area contributed by atoms with Gasteiger partial charge in [-0.3, -0.25) is 9.69 Å². The Morgan fingerprint density at radius 1 is 1.19 bits per heavy atom. The van der Waals surface area contributed by atoms with Gasteiger partial charge in [-0.15, -0.1) is 0 Å². The Labute approximate surface area is 156 Å². The maximum atomic E-state index is 12.3. The minimum Gasteiger partial charge on any atom is -0.497 e. The molecule has 2 aliphatic heterocycles. The molecule has 0 aromatic heterocycles. The lowest BCUT2D eigenvalue weighted by Crippen LogP contribution is -2.64. The van der Waals surface area contributed by atoms with Crippen molar-refractivity contribution >= 4 is 5.91 Å². The molecule has 4 rings (SSSR count). The highest BCUT2D eigenvalue weighted by molar-refractivity contribution is 5.78. The molecule has 0 N–H and O–H groups in total. The predicted molar refractivity (Wildman–Crippen MR) is 100 cm³/mol.